The Morgan fingerprint density at radius 1 is 0.969 bits per heavy atom. The van der Waals surface area contributed by atoms with Crippen LogP contribution in [0.5, 0.6) is 11.5 Å². The molecule has 0 spiro atoms. The van der Waals surface area contributed by atoms with Gasteiger partial charge in [0, 0.05) is 11.1 Å². The Balaban J connectivity index is 2.04. The van der Waals surface area contributed by atoms with Gasteiger partial charge in [-0.3, -0.25) is 0 Å². The fraction of sp³-hybridized carbons (Fsp3) is 0.320. The van der Waals surface area contributed by atoms with Crippen molar-refractivity contribution in [2.75, 3.05) is 0 Å². The Labute approximate surface area is 190 Å². The van der Waals surface area contributed by atoms with Crippen molar-refractivity contribution in [2.45, 2.75) is 58.1 Å². The number of nitrogens with one attached hydrogen (secondary N) is 1. The number of ether oxygens (including phenoxy) is 1. The highest BCUT2D eigenvalue weighted by atomic mass is 32.2. The lowest BCUT2D eigenvalue weighted by Gasteiger charge is -2.23. The fourth-order valence-corrected chi connectivity index (χ4v) is 4.53. The van der Waals surface area contributed by atoms with Crippen molar-refractivity contribution in [3.8, 4) is 11.5 Å². The zero-order valence-corrected chi connectivity index (χ0v) is 20.1. The van der Waals surface area contributed by atoms with Gasteiger partial charge in [0.15, 0.2) is 12.0 Å². The average Bonchev–Trinajstić information content (AvgIpc) is 2.70. The Morgan fingerprint density at radius 3 is 2.12 bits per heavy atom. The van der Waals surface area contributed by atoms with E-state index in [1.165, 1.54) is 12.1 Å². The number of aliphatic hydroxyl groups is 1. The standard InChI is InChI=1S/C25H30N2O4S/c1-16-14-17(2)23(18(3)15-16)31-20-12-13-21(25(4,5)6)26-22(20)24(28)27-32(29,30)19-10-8-7-9-11-19/h7-15,24,27-28H,1-6H3. The number of aryl methyl sites for hydroxylation is 3. The number of aliphatic hydroxyl groups excluding tert-OH is 1. The molecular formula is C25H30N2O4S. The molecule has 1 heterocycles. The van der Waals surface area contributed by atoms with Crippen LogP contribution in [-0.2, 0) is 15.4 Å². The van der Waals surface area contributed by atoms with Gasteiger partial charge in [0.1, 0.15) is 11.4 Å². The van der Waals surface area contributed by atoms with Gasteiger partial charge in [-0.25, -0.2) is 13.4 Å². The normalized spacial score (nSPS) is 13.1. The highest BCUT2D eigenvalue weighted by Crippen LogP contribution is 2.35. The molecule has 3 rings (SSSR count). The first kappa shape index (κ1) is 23.9. The van der Waals surface area contributed by atoms with E-state index in [9.17, 15) is 13.5 Å². The molecule has 32 heavy (non-hydrogen) atoms. The van der Waals surface area contributed by atoms with Crippen molar-refractivity contribution in [3.05, 3.63) is 82.7 Å². The third kappa shape index (κ3) is 5.35. The van der Waals surface area contributed by atoms with Gasteiger partial charge in [-0.05, 0) is 56.2 Å². The van der Waals surface area contributed by atoms with Crippen LogP contribution in [0.1, 0.15) is 55.1 Å². The molecule has 1 aromatic heterocycles. The number of aromatic nitrogens is 1. The molecule has 0 bridgehead atoms. The van der Waals surface area contributed by atoms with Crippen LogP contribution in [0.25, 0.3) is 0 Å². The van der Waals surface area contributed by atoms with Gasteiger partial charge in [-0.2, -0.15) is 4.72 Å². The maximum absolute atomic E-state index is 12.8. The molecule has 0 radical (unpaired) electrons. The Morgan fingerprint density at radius 2 is 1.56 bits per heavy atom. The number of sulfonamides is 1. The summed E-state index contributed by atoms with van der Waals surface area (Å²) in [4.78, 5) is 4.65. The number of rotatable bonds is 6. The third-order valence-corrected chi connectivity index (χ3v) is 6.48. The van der Waals surface area contributed by atoms with Gasteiger partial charge >= 0.3 is 0 Å². The minimum Gasteiger partial charge on any atom is -0.455 e. The summed E-state index contributed by atoms with van der Waals surface area (Å²) in [7, 11) is -3.96. The highest BCUT2D eigenvalue weighted by Gasteiger charge is 2.26. The first-order valence-electron chi connectivity index (χ1n) is 10.4. The van der Waals surface area contributed by atoms with Crippen molar-refractivity contribution >= 4 is 10.0 Å². The molecule has 0 saturated carbocycles. The molecule has 0 aliphatic rings. The Hall–Kier alpha value is -2.74. The van der Waals surface area contributed by atoms with Crippen LogP contribution in [0, 0.1) is 20.8 Å². The summed E-state index contributed by atoms with van der Waals surface area (Å²) in [5.74, 6) is 0.941. The SMILES string of the molecule is Cc1cc(C)c(Oc2ccc(C(C)(C)C)nc2C(O)NS(=O)(=O)c2ccccc2)c(C)c1. The summed E-state index contributed by atoms with van der Waals surface area (Å²) in [6, 6.07) is 15.5. The number of hydrogen-bond acceptors (Lipinski definition) is 5. The molecule has 7 heteroatoms. The average molecular weight is 455 g/mol. The van der Waals surface area contributed by atoms with Crippen LogP contribution in [0.2, 0.25) is 0 Å². The number of nitrogens with zero attached hydrogens (tertiary/aromatic N) is 1. The molecule has 0 aliphatic carbocycles. The van der Waals surface area contributed by atoms with E-state index in [1.807, 2.05) is 59.7 Å². The molecule has 2 aromatic carbocycles. The predicted octanol–water partition coefficient (Wildman–Crippen LogP) is 5.07. The van der Waals surface area contributed by atoms with Gasteiger partial charge in [0.05, 0.1) is 4.90 Å². The molecular weight excluding hydrogens is 424 g/mol. The summed E-state index contributed by atoms with van der Waals surface area (Å²) in [6.07, 6.45) is -1.59. The molecule has 0 aliphatic heterocycles. The van der Waals surface area contributed by atoms with Crippen molar-refractivity contribution in [1.82, 2.24) is 9.71 Å². The van der Waals surface area contributed by atoms with Crippen LogP contribution in [0.4, 0.5) is 0 Å². The Kier molecular flexibility index (Phi) is 6.74. The van der Waals surface area contributed by atoms with Gasteiger partial charge in [0.25, 0.3) is 0 Å². The highest BCUT2D eigenvalue weighted by molar-refractivity contribution is 7.89. The lowest BCUT2D eigenvalue weighted by atomic mass is 9.91. The van der Waals surface area contributed by atoms with E-state index in [-0.39, 0.29) is 21.8 Å². The van der Waals surface area contributed by atoms with Crippen LogP contribution >= 0.6 is 0 Å². The number of pyridine rings is 1. The minimum atomic E-state index is -3.96. The molecule has 0 fully saturated rings. The van der Waals surface area contributed by atoms with Crippen LogP contribution < -0.4 is 9.46 Å². The minimum absolute atomic E-state index is 0.0544. The first-order chi connectivity index (χ1) is 14.9. The van der Waals surface area contributed by atoms with Gasteiger partial charge in [0.2, 0.25) is 10.0 Å². The summed E-state index contributed by atoms with van der Waals surface area (Å²) >= 11 is 0. The van der Waals surface area contributed by atoms with E-state index in [0.29, 0.717) is 11.4 Å². The van der Waals surface area contributed by atoms with E-state index in [0.717, 1.165) is 16.7 Å². The molecule has 1 unspecified atom stereocenters. The fourth-order valence-electron chi connectivity index (χ4n) is 3.47. The number of hydrogen-bond donors (Lipinski definition) is 2. The zero-order valence-electron chi connectivity index (χ0n) is 19.3. The van der Waals surface area contributed by atoms with E-state index >= 15 is 0 Å². The second-order valence-corrected chi connectivity index (χ2v) is 10.7. The lowest BCUT2D eigenvalue weighted by molar-refractivity contribution is 0.157. The largest absolute Gasteiger partial charge is 0.455 e. The molecule has 0 saturated heterocycles. The molecule has 1 atom stereocenters. The van der Waals surface area contributed by atoms with Crippen LogP contribution in [-0.4, -0.2) is 18.5 Å². The zero-order chi connectivity index (χ0) is 23.7. The second kappa shape index (κ2) is 9.02. The van der Waals surface area contributed by atoms with E-state index < -0.39 is 16.3 Å². The van der Waals surface area contributed by atoms with Crippen molar-refractivity contribution in [1.29, 1.82) is 0 Å². The lowest BCUT2D eigenvalue weighted by Crippen LogP contribution is -2.30. The molecule has 0 amide bonds. The maximum Gasteiger partial charge on any atom is 0.243 e. The quantitative estimate of drug-likeness (QED) is 0.508. The third-order valence-electron chi connectivity index (χ3n) is 5.05. The summed E-state index contributed by atoms with van der Waals surface area (Å²) < 4.78 is 34.0. The topological polar surface area (TPSA) is 88.5 Å². The van der Waals surface area contributed by atoms with Crippen molar-refractivity contribution in [2.24, 2.45) is 0 Å². The monoisotopic (exact) mass is 454 g/mol. The van der Waals surface area contributed by atoms with Gasteiger partial charge < -0.3 is 9.84 Å². The first-order valence-corrected chi connectivity index (χ1v) is 11.9. The van der Waals surface area contributed by atoms with Gasteiger partial charge in [-0.1, -0.05) is 56.7 Å². The second-order valence-electron chi connectivity index (χ2n) is 9.00. The van der Waals surface area contributed by atoms with E-state index in [1.54, 1.807) is 24.3 Å². The molecule has 3 aromatic rings. The molecule has 6 nitrogen and oxygen atoms in total. The summed E-state index contributed by atoms with van der Waals surface area (Å²) in [5.41, 5.74) is 3.50. The number of benzene rings is 2. The molecule has 170 valence electrons. The smallest absolute Gasteiger partial charge is 0.243 e. The summed E-state index contributed by atoms with van der Waals surface area (Å²) in [6.45, 7) is 11.9. The molecule has 2 N–H and O–H groups in total. The van der Waals surface area contributed by atoms with Gasteiger partial charge in [-0.15, -0.1) is 0 Å². The summed E-state index contributed by atoms with van der Waals surface area (Å²) in [5, 5.41) is 10.9. The predicted molar refractivity (Wildman–Crippen MR) is 125 cm³/mol. The van der Waals surface area contributed by atoms with Crippen LogP contribution in [0.15, 0.2) is 59.5 Å². The van der Waals surface area contributed by atoms with E-state index in [4.69, 9.17) is 4.74 Å². The maximum atomic E-state index is 12.8. The van der Waals surface area contributed by atoms with Crippen molar-refractivity contribution in [3.63, 3.8) is 0 Å². The van der Waals surface area contributed by atoms with E-state index in [2.05, 4.69) is 9.71 Å². The Bertz CT molecular complexity index is 1190. The van der Waals surface area contributed by atoms with Crippen LogP contribution in [0.3, 0.4) is 0 Å². The van der Waals surface area contributed by atoms with Crippen molar-refractivity contribution < 1.29 is 18.3 Å².